The third-order valence-electron chi connectivity index (χ3n) is 3.34. The second-order valence-electron chi connectivity index (χ2n) is 5.27. The van der Waals surface area contributed by atoms with Crippen LogP contribution in [0.5, 0.6) is 0 Å². The summed E-state index contributed by atoms with van der Waals surface area (Å²) < 4.78 is 0.837. The number of anilines is 1. The van der Waals surface area contributed by atoms with Gasteiger partial charge in [0.05, 0.1) is 33.1 Å². The van der Waals surface area contributed by atoms with E-state index in [2.05, 4.69) is 20.5 Å². The monoisotopic (exact) mass is 407 g/mol. The zero-order valence-corrected chi connectivity index (χ0v) is 16.0. The number of thioether (sulfide) groups is 1. The molecule has 0 bridgehead atoms. The second kappa shape index (κ2) is 7.90. The molecule has 1 aromatic carbocycles. The zero-order chi connectivity index (χ0) is 18.7. The third-order valence-corrected chi connectivity index (χ3v) is 6.05. The molecule has 0 unspecified atom stereocenters. The summed E-state index contributed by atoms with van der Waals surface area (Å²) in [6.45, 7) is 1.81. The van der Waals surface area contributed by atoms with E-state index in [0.717, 1.165) is 15.5 Å². The molecule has 2 heterocycles. The molecule has 0 aliphatic rings. The number of H-pyrrole nitrogens is 1. The van der Waals surface area contributed by atoms with Gasteiger partial charge in [-0.3, -0.25) is 20.0 Å². The van der Waals surface area contributed by atoms with Crippen LogP contribution >= 0.6 is 34.7 Å². The van der Waals surface area contributed by atoms with Crippen molar-refractivity contribution in [1.82, 2.24) is 15.2 Å². The summed E-state index contributed by atoms with van der Waals surface area (Å²) >= 11 is 8.50. The molecule has 0 aliphatic heterocycles. The normalized spacial score (nSPS) is 10.7. The minimum Gasteiger partial charge on any atom is -0.369 e. The fourth-order valence-corrected chi connectivity index (χ4v) is 4.16. The number of benzene rings is 1. The van der Waals surface area contributed by atoms with Crippen molar-refractivity contribution < 1.29 is 9.59 Å². The molecule has 0 radical (unpaired) electrons. The van der Waals surface area contributed by atoms with Crippen LogP contribution in [-0.4, -0.2) is 32.7 Å². The number of halogens is 1. The smallest absolute Gasteiger partial charge is 0.261 e. The number of nitrogens with one attached hydrogen (secondary N) is 2. The van der Waals surface area contributed by atoms with E-state index < -0.39 is 5.91 Å². The van der Waals surface area contributed by atoms with E-state index in [4.69, 9.17) is 17.3 Å². The Hall–Kier alpha value is -2.36. The number of hydrogen-bond donors (Lipinski definition) is 3. The molecule has 0 atom stereocenters. The number of aromatic amines is 1. The van der Waals surface area contributed by atoms with Gasteiger partial charge in [0.1, 0.15) is 0 Å². The van der Waals surface area contributed by atoms with Gasteiger partial charge in [0, 0.05) is 10.6 Å². The van der Waals surface area contributed by atoms with Gasteiger partial charge in [0.2, 0.25) is 5.91 Å². The topological polar surface area (TPSA) is 114 Å². The number of amides is 2. The number of nitrogens with zero attached hydrogens (tertiary/aromatic N) is 2. The van der Waals surface area contributed by atoms with Crippen LogP contribution in [0.15, 0.2) is 34.7 Å². The lowest BCUT2D eigenvalue weighted by atomic mass is 10.1. The quantitative estimate of drug-likeness (QED) is 0.542. The Labute approximate surface area is 162 Å². The molecular weight excluding hydrogens is 394 g/mol. The fourth-order valence-electron chi connectivity index (χ4n) is 2.17. The maximum Gasteiger partial charge on any atom is 0.261 e. The first-order valence-corrected chi connectivity index (χ1v) is 9.61. The molecule has 2 amide bonds. The van der Waals surface area contributed by atoms with Crippen molar-refractivity contribution in [3.8, 4) is 11.3 Å². The summed E-state index contributed by atoms with van der Waals surface area (Å²) in [6, 6.07) is 7.09. The van der Waals surface area contributed by atoms with E-state index >= 15 is 0 Å². The largest absolute Gasteiger partial charge is 0.369 e. The lowest BCUT2D eigenvalue weighted by Gasteiger charge is -2.03. The number of thiazole rings is 1. The maximum absolute atomic E-state index is 12.6. The predicted octanol–water partition coefficient (Wildman–Crippen LogP) is 3.32. The molecule has 10 heteroatoms. The molecule has 7 nitrogen and oxygen atoms in total. The summed E-state index contributed by atoms with van der Waals surface area (Å²) in [5.74, 6) is -0.568. The molecule has 4 N–H and O–H groups in total. The van der Waals surface area contributed by atoms with Crippen LogP contribution < -0.4 is 11.1 Å². The number of primary amides is 1. The molecule has 26 heavy (non-hydrogen) atoms. The van der Waals surface area contributed by atoms with Crippen molar-refractivity contribution in [2.75, 3.05) is 11.1 Å². The van der Waals surface area contributed by atoms with Gasteiger partial charge < -0.3 is 5.73 Å². The lowest BCUT2D eigenvalue weighted by molar-refractivity contribution is -0.115. The highest BCUT2D eigenvalue weighted by molar-refractivity contribution is 8.01. The average molecular weight is 408 g/mol. The van der Waals surface area contributed by atoms with E-state index in [9.17, 15) is 9.59 Å². The van der Waals surface area contributed by atoms with Crippen LogP contribution in [0.1, 0.15) is 16.1 Å². The lowest BCUT2D eigenvalue weighted by Crippen LogP contribution is -2.12. The molecule has 3 aromatic rings. The molecule has 0 saturated heterocycles. The summed E-state index contributed by atoms with van der Waals surface area (Å²) in [5.41, 5.74) is 7.68. The summed E-state index contributed by atoms with van der Waals surface area (Å²) in [5, 5.41) is 10.6. The van der Waals surface area contributed by atoms with Gasteiger partial charge in [-0.1, -0.05) is 35.1 Å². The minimum atomic E-state index is -0.403. The van der Waals surface area contributed by atoms with Gasteiger partial charge in [-0.2, -0.15) is 5.10 Å². The van der Waals surface area contributed by atoms with Gasteiger partial charge in [0.25, 0.3) is 5.91 Å². The average Bonchev–Trinajstić information content (AvgIpc) is 3.20. The number of rotatable bonds is 6. The summed E-state index contributed by atoms with van der Waals surface area (Å²) in [4.78, 5) is 27.8. The van der Waals surface area contributed by atoms with Crippen LogP contribution in [0.25, 0.3) is 11.3 Å². The second-order valence-corrected chi connectivity index (χ2v) is 7.95. The Morgan fingerprint density at radius 1 is 1.35 bits per heavy atom. The highest BCUT2D eigenvalue weighted by Crippen LogP contribution is 2.32. The van der Waals surface area contributed by atoms with E-state index in [-0.39, 0.29) is 11.7 Å². The van der Waals surface area contributed by atoms with E-state index in [1.165, 1.54) is 29.3 Å². The SMILES string of the molecule is Cc1nc(NC(=O)c2cn[nH]c2-c2ccc(Cl)cc2)sc1SCC(N)=O. The minimum absolute atomic E-state index is 0.166. The van der Waals surface area contributed by atoms with E-state index in [0.29, 0.717) is 21.4 Å². The van der Waals surface area contributed by atoms with Crippen LogP contribution in [0, 0.1) is 6.92 Å². The van der Waals surface area contributed by atoms with Crippen LogP contribution in [0.3, 0.4) is 0 Å². The molecule has 0 fully saturated rings. The molecule has 0 saturated carbocycles. The van der Waals surface area contributed by atoms with Crippen molar-refractivity contribution >= 4 is 51.6 Å². The standard InChI is InChI=1S/C16H14ClN5O2S2/c1-8-15(25-7-12(18)23)26-16(20-8)21-14(24)11-6-19-22-13(11)9-2-4-10(17)5-3-9/h2-6H,7H2,1H3,(H2,18,23)(H,19,22)(H,20,21,24). The molecule has 3 rings (SSSR count). The van der Waals surface area contributed by atoms with Crippen molar-refractivity contribution in [3.05, 3.63) is 46.7 Å². The number of nitrogens with two attached hydrogens (primary N) is 1. The Bertz CT molecular complexity index is 952. The number of aromatic nitrogens is 3. The number of hydrogen-bond acceptors (Lipinski definition) is 6. The van der Waals surface area contributed by atoms with Gasteiger partial charge in [-0.25, -0.2) is 4.98 Å². The Morgan fingerprint density at radius 2 is 2.08 bits per heavy atom. The highest BCUT2D eigenvalue weighted by Gasteiger charge is 2.18. The summed E-state index contributed by atoms with van der Waals surface area (Å²) in [6.07, 6.45) is 1.46. The third kappa shape index (κ3) is 4.24. The van der Waals surface area contributed by atoms with Crippen LogP contribution in [0.4, 0.5) is 5.13 Å². The molecular formula is C16H14ClN5O2S2. The first-order valence-electron chi connectivity index (χ1n) is 7.43. The molecule has 2 aromatic heterocycles. The van der Waals surface area contributed by atoms with Crippen molar-refractivity contribution in [2.24, 2.45) is 5.73 Å². The first-order chi connectivity index (χ1) is 12.4. The highest BCUT2D eigenvalue weighted by atomic mass is 35.5. The predicted molar refractivity (Wildman–Crippen MR) is 104 cm³/mol. The number of carbonyl (C=O) groups is 2. The van der Waals surface area contributed by atoms with Gasteiger partial charge in [-0.05, 0) is 19.1 Å². The molecule has 0 aliphatic carbocycles. The Morgan fingerprint density at radius 3 is 2.77 bits per heavy atom. The Balaban J connectivity index is 1.77. The van der Waals surface area contributed by atoms with Crippen molar-refractivity contribution in [1.29, 1.82) is 0 Å². The summed E-state index contributed by atoms with van der Waals surface area (Å²) in [7, 11) is 0. The van der Waals surface area contributed by atoms with Gasteiger partial charge in [0.15, 0.2) is 5.13 Å². The number of aryl methyl sites for hydroxylation is 1. The van der Waals surface area contributed by atoms with Crippen LogP contribution in [0.2, 0.25) is 5.02 Å². The van der Waals surface area contributed by atoms with Crippen molar-refractivity contribution in [3.63, 3.8) is 0 Å². The van der Waals surface area contributed by atoms with Gasteiger partial charge >= 0.3 is 0 Å². The molecule has 134 valence electrons. The zero-order valence-electron chi connectivity index (χ0n) is 13.6. The Kier molecular flexibility index (Phi) is 5.60. The van der Waals surface area contributed by atoms with E-state index in [1.54, 1.807) is 24.3 Å². The maximum atomic E-state index is 12.6. The molecule has 0 spiro atoms. The van der Waals surface area contributed by atoms with Crippen LogP contribution in [-0.2, 0) is 4.79 Å². The first kappa shape index (κ1) is 18.4. The van der Waals surface area contributed by atoms with E-state index in [1.807, 2.05) is 6.92 Å². The fraction of sp³-hybridized carbons (Fsp3) is 0.125. The van der Waals surface area contributed by atoms with Gasteiger partial charge in [-0.15, -0.1) is 11.8 Å². The van der Waals surface area contributed by atoms with Crippen molar-refractivity contribution in [2.45, 2.75) is 11.1 Å². The number of carbonyl (C=O) groups excluding carboxylic acids is 2.